The van der Waals surface area contributed by atoms with Gasteiger partial charge in [0.15, 0.2) is 0 Å². The zero-order valence-corrected chi connectivity index (χ0v) is 25.8. The van der Waals surface area contributed by atoms with Gasteiger partial charge in [-0.05, 0) is 70.4 Å². The molecule has 5 aromatic carbocycles. The predicted octanol–water partition coefficient (Wildman–Crippen LogP) is 6.83. The third kappa shape index (κ3) is 4.82. The maximum absolute atomic E-state index is 5.11. The first-order chi connectivity index (χ1) is 20.6. The minimum atomic E-state index is -0.739. The van der Waals surface area contributed by atoms with Crippen molar-refractivity contribution in [3.63, 3.8) is 0 Å². The zero-order chi connectivity index (χ0) is 28.5. The van der Waals surface area contributed by atoms with E-state index < -0.39 is 15.8 Å². The van der Waals surface area contributed by atoms with Gasteiger partial charge in [0.05, 0.1) is 5.69 Å². The Kier molecular flexibility index (Phi) is 7.33. The molecule has 204 valence electrons. The summed E-state index contributed by atoms with van der Waals surface area (Å²) >= 11 is 0. The second-order valence-corrected chi connectivity index (χ2v) is 15.6. The van der Waals surface area contributed by atoms with Crippen molar-refractivity contribution in [3.8, 4) is 0 Å². The molecule has 0 unspecified atom stereocenters. The first kappa shape index (κ1) is 27.0. The molecule has 0 radical (unpaired) electrons. The van der Waals surface area contributed by atoms with Crippen LogP contribution in [-0.2, 0) is 11.8 Å². The minimum Gasteiger partial charge on any atom is -0.260 e. The number of hydrogen-bond acceptors (Lipinski definition) is 1. The van der Waals surface area contributed by atoms with E-state index in [-0.39, 0.29) is 5.41 Å². The van der Waals surface area contributed by atoms with Crippen LogP contribution in [0, 0.1) is 0 Å². The van der Waals surface area contributed by atoms with Crippen LogP contribution in [0.1, 0.15) is 36.2 Å². The molecule has 0 atom stereocenters. The third-order valence-corrected chi connectivity index (χ3v) is 13.4. The van der Waals surface area contributed by atoms with E-state index in [1.165, 1.54) is 54.2 Å². The van der Waals surface area contributed by atoms with E-state index in [4.69, 9.17) is 4.98 Å². The first-order valence-corrected chi connectivity index (χ1v) is 17.2. The monoisotopic (exact) mass is 577 g/mol. The van der Waals surface area contributed by atoms with Crippen molar-refractivity contribution >= 4 is 47.7 Å². The Morgan fingerprint density at radius 2 is 0.905 bits per heavy atom. The summed E-state index contributed by atoms with van der Waals surface area (Å²) in [6.45, 7) is 4.73. The van der Waals surface area contributed by atoms with Crippen molar-refractivity contribution in [2.24, 2.45) is 0 Å². The number of nitrogens with zero attached hydrogens (tertiary/aromatic N) is 1. The Morgan fingerprint density at radius 3 is 1.36 bits per heavy atom. The fourth-order valence-corrected chi connectivity index (χ4v) is 11.4. The molecule has 0 fully saturated rings. The Hall–Kier alpha value is -3.89. The molecule has 3 heteroatoms. The Labute approximate surface area is 251 Å². The molecule has 0 saturated carbocycles. The molecule has 1 aliphatic rings. The van der Waals surface area contributed by atoms with Gasteiger partial charge in [0.1, 0.15) is 0 Å². The molecule has 0 saturated heterocycles. The molecular formula is C39H33NP2. The van der Waals surface area contributed by atoms with Gasteiger partial charge in [0.25, 0.3) is 0 Å². The molecule has 1 nitrogen and oxygen atoms in total. The van der Waals surface area contributed by atoms with E-state index in [1.807, 2.05) is 6.20 Å². The van der Waals surface area contributed by atoms with Gasteiger partial charge in [0, 0.05) is 18.0 Å². The molecule has 1 aliphatic carbocycles. The van der Waals surface area contributed by atoms with Crippen molar-refractivity contribution in [1.29, 1.82) is 0 Å². The molecule has 0 bridgehead atoms. The highest BCUT2D eigenvalue weighted by Gasteiger charge is 2.38. The molecule has 1 aromatic heterocycles. The second-order valence-electron chi connectivity index (χ2n) is 11.3. The first-order valence-electron chi connectivity index (χ1n) is 14.5. The number of pyridine rings is 1. The number of aromatic nitrogens is 1. The lowest BCUT2D eigenvalue weighted by Crippen LogP contribution is -2.37. The number of hydrogen-bond donors (Lipinski definition) is 0. The van der Waals surface area contributed by atoms with Crippen LogP contribution in [0.25, 0.3) is 0 Å². The van der Waals surface area contributed by atoms with Crippen molar-refractivity contribution < 1.29 is 0 Å². The molecular weight excluding hydrogens is 544 g/mol. The average Bonchev–Trinajstić information content (AvgIpc) is 3.04. The van der Waals surface area contributed by atoms with E-state index in [2.05, 4.69) is 159 Å². The van der Waals surface area contributed by atoms with Crippen molar-refractivity contribution in [2.45, 2.75) is 25.7 Å². The highest BCUT2D eigenvalue weighted by atomic mass is 31.1. The van der Waals surface area contributed by atoms with Crippen LogP contribution in [0.4, 0.5) is 0 Å². The van der Waals surface area contributed by atoms with Gasteiger partial charge < -0.3 is 0 Å². The fourth-order valence-electron chi connectivity index (χ4n) is 6.43. The lowest BCUT2D eigenvalue weighted by molar-refractivity contribution is 0.589. The van der Waals surface area contributed by atoms with Crippen LogP contribution in [0.15, 0.2) is 152 Å². The molecule has 6 aromatic rings. The van der Waals surface area contributed by atoms with Crippen molar-refractivity contribution in [2.75, 3.05) is 0 Å². The van der Waals surface area contributed by atoms with E-state index in [9.17, 15) is 0 Å². The summed E-state index contributed by atoms with van der Waals surface area (Å²) in [6.07, 6.45) is 2.94. The standard InChI is InChI=1S/C39H33NP2/c1-39(2)35-24-15-25-36(41(29-16-7-3-8-17-29)30-18-9-4-10-19-30)33(35)28-34-37(26-27-40-38(34)39)42(31-20-11-5-12-21-31)32-22-13-6-14-23-32/h3-27H,28H2,1-2H3. The summed E-state index contributed by atoms with van der Waals surface area (Å²) in [6, 6.07) is 53.6. The highest BCUT2D eigenvalue weighted by molar-refractivity contribution is 7.80. The topological polar surface area (TPSA) is 12.9 Å². The molecule has 0 amide bonds. The third-order valence-electron chi connectivity index (χ3n) is 8.34. The lowest BCUT2D eigenvalue weighted by atomic mass is 9.71. The largest absolute Gasteiger partial charge is 0.260 e. The van der Waals surface area contributed by atoms with Gasteiger partial charge in [-0.2, -0.15) is 0 Å². The Bertz CT molecular complexity index is 1600. The second kappa shape index (κ2) is 11.4. The summed E-state index contributed by atoms with van der Waals surface area (Å²) < 4.78 is 0. The SMILES string of the molecule is CC1(C)c2cccc(P(c3ccccc3)c3ccccc3)c2Cc2c(P(c3ccccc3)c3ccccc3)ccnc21. The van der Waals surface area contributed by atoms with Crippen LogP contribution in [0.5, 0.6) is 0 Å². The normalized spacial score (nSPS) is 13.5. The zero-order valence-electron chi connectivity index (χ0n) is 24.0. The van der Waals surface area contributed by atoms with Gasteiger partial charge in [-0.25, -0.2) is 0 Å². The van der Waals surface area contributed by atoms with Gasteiger partial charge in [-0.15, -0.1) is 0 Å². The number of rotatable bonds is 6. The van der Waals surface area contributed by atoms with Crippen molar-refractivity contribution in [3.05, 3.63) is 174 Å². The summed E-state index contributed by atoms with van der Waals surface area (Å²) in [7, 11) is -1.46. The van der Waals surface area contributed by atoms with Crippen LogP contribution in [-0.4, -0.2) is 4.98 Å². The lowest BCUT2D eigenvalue weighted by Gasteiger charge is -2.38. The Balaban J connectivity index is 1.45. The summed E-state index contributed by atoms with van der Waals surface area (Å²) in [5, 5.41) is 8.40. The maximum Gasteiger partial charge on any atom is 0.0545 e. The minimum absolute atomic E-state index is 0.211. The van der Waals surface area contributed by atoms with E-state index in [0.29, 0.717) is 0 Å². The van der Waals surface area contributed by atoms with Gasteiger partial charge in [0.2, 0.25) is 0 Å². The molecule has 42 heavy (non-hydrogen) atoms. The Morgan fingerprint density at radius 1 is 0.476 bits per heavy atom. The number of fused-ring (bicyclic) bond motifs is 2. The maximum atomic E-state index is 5.11. The molecule has 0 spiro atoms. The van der Waals surface area contributed by atoms with Crippen LogP contribution >= 0.6 is 15.8 Å². The predicted molar refractivity (Wildman–Crippen MR) is 183 cm³/mol. The summed E-state index contributed by atoms with van der Waals surface area (Å²) in [5.74, 6) is 0. The van der Waals surface area contributed by atoms with Gasteiger partial charge >= 0.3 is 0 Å². The fraction of sp³-hybridized carbons (Fsp3) is 0.103. The van der Waals surface area contributed by atoms with Crippen molar-refractivity contribution in [1.82, 2.24) is 4.98 Å². The summed E-state index contributed by atoms with van der Waals surface area (Å²) in [5.41, 5.74) is 5.28. The number of benzene rings is 5. The molecule has 0 aliphatic heterocycles. The van der Waals surface area contributed by atoms with E-state index >= 15 is 0 Å². The highest BCUT2D eigenvalue weighted by Crippen LogP contribution is 2.45. The van der Waals surface area contributed by atoms with Gasteiger partial charge in [-0.1, -0.05) is 153 Å². The van der Waals surface area contributed by atoms with E-state index in [0.717, 1.165) is 6.42 Å². The average molecular weight is 578 g/mol. The van der Waals surface area contributed by atoms with Crippen LogP contribution < -0.4 is 31.8 Å². The van der Waals surface area contributed by atoms with Crippen LogP contribution in [0.2, 0.25) is 0 Å². The smallest absolute Gasteiger partial charge is 0.0545 e. The van der Waals surface area contributed by atoms with E-state index in [1.54, 1.807) is 0 Å². The summed E-state index contributed by atoms with van der Waals surface area (Å²) in [4.78, 5) is 5.11. The molecule has 7 rings (SSSR count). The molecule has 0 N–H and O–H groups in total. The van der Waals surface area contributed by atoms with Crippen LogP contribution in [0.3, 0.4) is 0 Å². The quantitative estimate of drug-likeness (QED) is 0.198. The molecule has 1 heterocycles. The van der Waals surface area contributed by atoms with Gasteiger partial charge in [-0.3, -0.25) is 4.98 Å².